The SMILES string of the molecule is CCn1c2ccc(N(c3ccc(N(C)C)cc3)c3ccc(N(C)C)cc3)cc2c2cc(N(c3ccc(N(C)C)cc3)c3ccc(N(C)C)cc3)ccc21. The summed E-state index contributed by atoms with van der Waals surface area (Å²) in [6.45, 7) is 3.11. The van der Waals surface area contributed by atoms with Crippen molar-refractivity contribution >= 4 is 78.7 Å². The van der Waals surface area contributed by atoms with Crippen LogP contribution in [0.4, 0.5) is 56.9 Å². The van der Waals surface area contributed by atoms with Crippen LogP contribution in [0.25, 0.3) is 21.8 Å². The van der Waals surface area contributed by atoms with E-state index >= 15 is 0 Å². The minimum absolute atomic E-state index is 0.877. The highest BCUT2D eigenvalue weighted by Gasteiger charge is 2.20. The van der Waals surface area contributed by atoms with E-state index in [-0.39, 0.29) is 0 Å². The zero-order valence-corrected chi connectivity index (χ0v) is 32.5. The molecule has 0 atom stereocenters. The van der Waals surface area contributed by atoms with Crippen LogP contribution in [0.15, 0.2) is 133 Å². The second-order valence-electron chi connectivity index (χ2n) is 14.5. The van der Waals surface area contributed by atoms with E-state index in [2.05, 4.69) is 231 Å². The van der Waals surface area contributed by atoms with Crippen molar-refractivity contribution in [2.45, 2.75) is 13.5 Å². The first kappa shape index (κ1) is 35.3. The van der Waals surface area contributed by atoms with Gasteiger partial charge in [-0.3, -0.25) is 0 Å². The Morgan fingerprint density at radius 2 is 0.547 bits per heavy atom. The topological polar surface area (TPSA) is 24.4 Å². The van der Waals surface area contributed by atoms with E-state index in [4.69, 9.17) is 0 Å². The Balaban J connectivity index is 1.41. The average molecular weight is 702 g/mol. The van der Waals surface area contributed by atoms with Gasteiger partial charge in [-0.05, 0) is 140 Å². The van der Waals surface area contributed by atoms with Gasteiger partial charge in [-0.25, -0.2) is 0 Å². The first-order valence-electron chi connectivity index (χ1n) is 18.3. The summed E-state index contributed by atoms with van der Waals surface area (Å²) in [7, 11) is 16.6. The van der Waals surface area contributed by atoms with E-state index in [9.17, 15) is 0 Å². The van der Waals surface area contributed by atoms with Crippen LogP contribution in [-0.2, 0) is 6.54 Å². The summed E-state index contributed by atoms with van der Waals surface area (Å²) in [4.78, 5) is 13.3. The predicted molar refractivity (Wildman–Crippen MR) is 232 cm³/mol. The molecule has 53 heavy (non-hydrogen) atoms. The van der Waals surface area contributed by atoms with Crippen LogP contribution in [0.5, 0.6) is 0 Å². The minimum Gasteiger partial charge on any atom is -0.378 e. The number of hydrogen-bond donors (Lipinski definition) is 0. The number of hydrogen-bond acceptors (Lipinski definition) is 6. The summed E-state index contributed by atoms with van der Waals surface area (Å²) >= 11 is 0. The van der Waals surface area contributed by atoms with Gasteiger partial charge in [-0.2, -0.15) is 0 Å². The van der Waals surface area contributed by atoms with Gasteiger partial charge in [0.1, 0.15) is 0 Å². The number of aromatic nitrogens is 1. The van der Waals surface area contributed by atoms with Crippen molar-refractivity contribution in [1.82, 2.24) is 4.57 Å². The molecule has 0 fully saturated rings. The normalized spacial score (nSPS) is 11.2. The van der Waals surface area contributed by atoms with Gasteiger partial charge >= 0.3 is 0 Å². The monoisotopic (exact) mass is 701 g/mol. The molecule has 0 unspecified atom stereocenters. The third-order valence-electron chi connectivity index (χ3n) is 10.2. The summed E-state index contributed by atoms with van der Waals surface area (Å²) < 4.78 is 2.43. The summed E-state index contributed by atoms with van der Waals surface area (Å²) in [5, 5.41) is 2.46. The lowest BCUT2D eigenvalue weighted by atomic mass is 10.1. The van der Waals surface area contributed by atoms with Gasteiger partial charge in [-0.15, -0.1) is 0 Å². The Morgan fingerprint density at radius 3 is 0.774 bits per heavy atom. The first-order chi connectivity index (χ1) is 25.5. The van der Waals surface area contributed by atoms with Crippen molar-refractivity contribution in [2.24, 2.45) is 0 Å². The van der Waals surface area contributed by atoms with E-state index in [0.29, 0.717) is 0 Å². The smallest absolute Gasteiger partial charge is 0.0492 e. The summed E-state index contributed by atoms with van der Waals surface area (Å²) in [5.74, 6) is 0. The molecule has 7 heteroatoms. The molecule has 0 aliphatic carbocycles. The highest BCUT2D eigenvalue weighted by molar-refractivity contribution is 6.11. The van der Waals surface area contributed by atoms with Crippen LogP contribution in [0.1, 0.15) is 6.92 Å². The van der Waals surface area contributed by atoms with Gasteiger partial charge < -0.3 is 34.0 Å². The van der Waals surface area contributed by atoms with Crippen molar-refractivity contribution < 1.29 is 0 Å². The Labute approximate surface area is 315 Å². The van der Waals surface area contributed by atoms with E-state index in [0.717, 1.165) is 40.7 Å². The molecule has 1 aromatic heterocycles. The van der Waals surface area contributed by atoms with E-state index < -0.39 is 0 Å². The highest BCUT2D eigenvalue weighted by atomic mass is 15.2. The maximum atomic E-state index is 2.43. The number of benzene rings is 6. The molecule has 0 spiro atoms. The maximum absolute atomic E-state index is 2.43. The molecular formula is C46H51N7. The van der Waals surface area contributed by atoms with Crippen LogP contribution < -0.4 is 29.4 Å². The summed E-state index contributed by atoms with van der Waals surface area (Å²) in [6.07, 6.45) is 0. The van der Waals surface area contributed by atoms with E-state index in [1.54, 1.807) is 0 Å². The molecule has 0 N–H and O–H groups in total. The molecule has 7 aromatic rings. The van der Waals surface area contributed by atoms with Crippen LogP contribution in [0, 0.1) is 0 Å². The molecule has 6 aromatic carbocycles. The molecule has 7 nitrogen and oxygen atoms in total. The van der Waals surface area contributed by atoms with Crippen molar-refractivity contribution in [3.63, 3.8) is 0 Å². The van der Waals surface area contributed by atoms with Gasteiger partial charge in [0.05, 0.1) is 0 Å². The number of fused-ring (bicyclic) bond motifs is 3. The van der Waals surface area contributed by atoms with Gasteiger partial charge in [0.2, 0.25) is 0 Å². The quantitative estimate of drug-likeness (QED) is 0.133. The predicted octanol–water partition coefficient (Wildman–Crippen LogP) is 11.0. The van der Waals surface area contributed by atoms with Gasteiger partial charge in [0, 0.05) is 142 Å². The molecule has 0 aliphatic rings. The van der Waals surface area contributed by atoms with Crippen LogP contribution in [-0.4, -0.2) is 60.9 Å². The lowest BCUT2D eigenvalue weighted by Crippen LogP contribution is -2.13. The molecule has 0 saturated carbocycles. The number of aryl methyl sites for hydroxylation is 1. The zero-order chi connectivity index (χ0) is 37.4. The van der Waals surface area contributed by atoms with Gasteiger partial charge in [-0.1, -0.05) is 0 Å². The third kappa shape index (κ3) is 6.83. The molecule has 270 valence electrons. The standard InChI is InChI=1S/C46H51N7/c1-10-51-45-29-27-41(52(37-19-11-33(12-20-37)47(2)3)38-21-13-34(14-22-38)48(4)5)31-43(45)44-32-42(28-30-46(44)51)53(39-23-15-35(16-24-39)49(6)7)40-25-17-36(18-26-40)50(8)9/h11-32H,10H2,1-9H3. The van der Waals surface area contributed by atoms with Crippen molar-refractivity contribution in [1.29, 1.82) is 0 Å². The molecule has 0 bridgehead atoms. The Bertz CT molecular complexity index is 2050. The number of anilines is 10. The fourth-order valence-corrected chi connectivity index (χ4v) is 7.19. The molecule has 0 radical (unpaired) electrons. The molecule has 1 heterocycles. The lowest BCUT2D eigenvalue weighted by Gasteiger charge is -2.27. The van der Waals surface area contributed by atoms with Gasteiger partial charge in [0.15, 0.2) is 0 Å². The average Bonchev–Trinajstić information content (AvgIpc) is 3.48. The van der Waals surface area contributed by atoms with Crippen molar-refractivity contribution in [2.75, 3.05) is 85.8 Å². The largest absolute Gasteiger partial charge is 0.378 e. The van der Waals surface area contributed by atoms with Crippen LogP contribution in [0.3, 0.4) is 0 Å². The maximum Gasteiger partial charge on any atom is 0.0492 e. The Hall–Kier alpha value is -6.08. The van der Waals surface area contributed by atoms with Crippen LogP contribution in [0.2, 0.25) is 0 Å². The zero-order valence-electron chi connectivity index (χ0n) is 32.5. The van der Waals surface area contributed by atoms with Crippen molar-refractivity contribution in [3.8, 4) is 0 Å². The minimum atomic E-state index is 0.877. The number of rotatable bonds is 11. The summed E-state index contributed by atoms with van der Waals surface area (Å²) in [5.41, 5.74) is 13.8. The second-order valence-corrected chi connectivity index (χ2v) is 14.5. The fraction of sp³-hybridized carbons (Fsp3) is 0.217. The van der Waals surface area contributed by atoms with Crippen LogP contribution >= 0.6 is 0 Å². The molecule has 0 aliphatic heterocycles. The lowest BCUT2D eigenvalue weighted by molar-refractivity contribution is 0.827. The molecular weight excluding hydrogens is 651 g/mol. The second kappa shape index (κ2) is 14.5. The Morgan fingerprint density at radius 1 is 0.321 bits per heavy atom. The first-order valence-corrected chi connectivity index (χ1v) is 18.3. The third-order valence-corrected chi connectivity index (χ3v) is 10.2. The summed E-state index contributed by atoms with van der Waals surface area (Å²) in [6, 6.07) is 49.1. The van der Waals surface area contributed by atoms with E-state index in [1.807, 2.05) is 0 Å². The fourth-order valence-electron chi connectivity index (χ4n) is 7.19. The highest BCUT2D eigenvalue weighted by Crippen LogP contribution is 2.42. The number of nitrogens with zero attached hydrogens (tertiary/aromatic N) is 7. The molecule has 0 amide bonds. The van der Waals surface area contributed by atoms with Gasteiger partial charge in [0.25, 0.3) is 0 Å². The Kier molecular flexibility index (Phi) is 9.67. The molecule has 0 saturated heterocycles. The van der Waals surface area contributed by atoms with E-state index in [1.165, 1.54) is 44.6 Å². The molecule has 7 rings (SSSR count). The van der Waals surface area contributed by atoms with Crippen molar-refractivity contribution in [3.05, 3.63) is 133 Å².